The minimum Gasteiger partial charge on any atom is -0.478 e. The summed E-state index contributed by atoms with van der Waals surface area (Å²) in [4.78, 5) is 22.9. The smallest absolute Gasteiger partial charge is 0.411 e. The Morgan fingerprint density at radius 3 is 2.07 bits per heavy atom. The summed E-state index contributed by atoms with van der Waals surface area (Å²) in [6, 6.07) is 15.5. The molecule has 3 aromatic carbocycles. The maximum atomic E-state index is 14.0. The SMILES string of the molecule is O=C(Nc1c(F)cc(C(=O)O)c(F)c1F)OCC1c2ccccc2-c2ccccc21. The lowest BCUT2D eigenvalue weighted by Gasteiger charge is -2.15. The molecule has 0 spiro atoms. The number of amides is 1. The quantitative estimate of drug-likeness (QED) is 0.579. The lowest BCUT2D eigenvalue weighted by Crippen LogP contribution is -2.20. The molecular weight excluding hydrogens is 399 g/mol. The number of ether oxygens (including phenoxy) is 1. The Kier molecular flexibility index (Phi) is 4.91. The van der Waals surface area contributed by atoms with E-state index in [1.54, 1.807) is 0 Å². The minimum absolute atomic E-state index is 0.112. The summed E-state index contributed by atoms with van der Waals surface area (Å²) in [5.74, 6) is -7.14. The highest BCUT2D eigenvalue weighted by Crippen LogP contribution is 2.44. The predicted molar refractivity (Wildman–Crippen MR) is 102 cm³/mol. The summed E-state index contributed by atoms with van der Waals surface area (Å²) in [5.41, 5.74) is 1.61. The summed E-state index contributed by atoms with van der Waals surface area (Å²) in [7, 11) is 0. The van der Waals surface area contributed by atoms with Crippen molar-refractivity contribution in [3.63, 3.8) is 0 Å². The van der Waals surface area contributed by atoms with E-state index in [-0.39, 0.29) is 12.5 Å². The van der Waals surface area contributed by atoms with Crippen LogP contribution in [0.15, 0.2) is 54.6 Å². The van der Waals surface area contributed by atoms with Gasteiger partial charge in [-0.15, -0.1) is 0 Å². The highest BCUT2D eigenvalue weighted by Gasteiger charge is 2.29. The maximum absolute atomic E-state index is 14.0. The number of hydrogen-bond donors (Lipinski definition) is 2. The van der Waals surface area contributed by atoms with Crippen molar-refractivity contribution < 1.29 is 32.6 Å². The Labute approximate surface area is 168 Å². The van der Waals surface area contributed by atoms with E-state index >= 15 is 0 Å². The number of carboxylic acids is 1. The van der Waals surface area contributed by atoms with Crippen molar-refractivity contribution in [1.82, 2.24) is 0 Å². The topological polar surface area (TPSA) is 75.6 Å². The average molecular weight is 413 g/mol. The summed E-state index contributed by atoms with van der Waals surface area (Å²) in [5, 5.41) is 10.6. The van der Waals surface area contributed by atoms with Crippen LogP contribution in [0.4, 0.5) is 23.7 Å². The van der Waals surface area contributed by atoms with Crippen LogP contribution >= 0.6 is 0 Å². The van der Waals surface area contributed by atoms with E-state index in [9.17, 15) is 22.8 Å². The number of carbonyl (C=O) groups is 2. The number of nitrogens with one attached hydrogen (secondary N) is 1. The van der Waals surface area contributed by atoms with Gasteiger partial charge in [-0.1, -0.05) is 48.5 Å². The van der Waals surface area contributed by atoms with E-state index in [1.807, 2.05) is 53.8 Å². The molecule has 1 amide bonds. The number of carbonyl (C=O) groups excluding carboxylic acids is 1. The first kappa shape index (κ1) is 19.5. The van der Waals surface area contributed by atoms with Gasteiger partial charge in [0, 0.05) is 5.92 Å². The second-order valence-electron chi connectivity index (χ2n) is 6.66. The molecular formula is C22H14F3NO4. The molecule has 0 heterocycles. The van der Waals surface area contributed by atoms with Crippen LogP contribution in [-0.2, 0) is 4.74 Å². The molecule has 0 saturated carbocycles. The highest BCUT2D eigenvalue weighted by molar-refractivity contribution is 5.90. The van der Waals surface area contributed by atoms with Gasteiger partial charge in [-0.25, -0.2) is 22.8 Å². The standard InChI is InChI=1S/C22H14F3NO4/c23-17-9-15(21(27)28)18(24)19(25)20(17)26-22(29)30-10-16-13-7-3-1-5-11(13)12-6-2-4-8-14(12)16/h1-9,16H,10H2,(H,26,29)(H,27,28). The van der Waals surface area contributed by atoms with Gasteiger partial charge in [0.25, 0.3) is 0 Å². The molecule has 4 rings (SSSR count). The number of hydrogen-bond acceptors (Lipinski definition) is 3. The molecule has 1 aliphatic carbocycles. The van der Waals surface area contributed by atoms with Crippen LogP contribution in [-0.4, -0.2) is 23.8 Å². The van der Waals surface area contributed by atoms with Gasteiger partial charge < -0.3 is 9.84 Å². The third kappa shape index (κ3) is 3.26. The van der Waals surface area contributed by atoms with Gasteiger partial charge >= 0.3 is 12.1 Å². The molecule has 0 atom stereocenters. The lowest BCUT2D eigenvalue weighted by atomic mass is 9.98. The Morgan fingerprint density at radius 1 is 0.933 bits per heavy atom. The van der Waals surface area contributed by atoms with Crippen LogP contribution in [0.3, 0.4) is 0 Å². The maximum Gasteiger partial charge on any atom is 0.411 e. The summed E-state index contributed by atoms with van der Waals surface area (Å²) >= 11 is 0. The summed E-state index contributed by atoms with van der Waals surface area (Å²) < 4.78 is 47.0. The van der Waals surface area contributed by atoms with Crippen molar-refractivity contribution in [2.45, 2.75) is 5.92 Å². The van der Waals surface area contributed by atoms with Crippen molar-refractivity contribution in [2.24, 2.45) is 0 Å². The highest BCUT2D eigenvalue weighted by atomic mass is 19.2. The fraction of sp³-hybridized carbons (Fsp3) is 0.0909. The van der Waals surface area contributed by atoms with Crippen molar-refractivity contribution in [2.75, 3.05) is 11.9 Å². The van der Waals surface area contributed by atoms with Crippen molar-refractivity contribution in [3.8, 4) is 11.1 Å². The predicted octanol–water partition coefficient (Wildman–Crippen LogP) is 5.16. The number of halogens is 3. The lowest BCUT2D eigenvalue weighted by molar-refractivity contribution is 0.0690. The van der Waals surface area contributed by atoms with Crippen LogP contribution in [0.2, 0.25) is 0 Å². The van der Waals surface area contributed by atoms with Gasteiger partial charge in [0.1, 0.15) is 17.9 Å². The molecule has 0 fully saturated rings. The van der Waals surface area contributed by atoms with Crippen molar-refractivity contribution in [1.29, 1.82) is 0 Å². The number of carboxylic acid groups (broad SMARTS) is 1. The van der Waals surface area contributed by atoms with Crippen molar-refractivity contribution in [3.05, 3.63) is 88.7 Å². The van der Waals surface area contributed by atoms with Crippen LogP contribution in [0.25, 0.3) is 11.1 Å². The molecule has 8 heteroatoms. The molecule has 1 aliphatic rings. The minimum atomic E-state index is -1.84. The molecule has 3 aromatic rings. The molecule has 0 bridgehead atoms. The molecule has 0 saturated heterocycles. The second kappa shape index (κ2) is 7.55. The number of aromatic carboxylic acids is 1. The van der Waals surface area contributed by atoms with Gasteiger partial charge in [0.15, 0.2) is 17.5 Å². The Hall–Kier alpha value is -3.81. The van der Waals surface area contributed by atoms with E-state index in [2.05, 4.69) is 0 Å². The molecule has 0 aliphatic heterocycles. The van der Waals surface area contributed by atoms with Gasteiger partial charge in [0.2, 0.25) is 0 Å². The zero-order valence-corrected chi connectivity index (χ0v) is 15.3. The van der Waals surface area contributed by atoms with Gasteiger partial charge in [-0.3, -0.25) is 5.32 Å². The fourth-order valence-electron chi connectivity index (χ4n) is 3.60. The third-order valence-electron chi connectivity index (χ3n) is 4.96. The number of benzene rings is 3. The average Bonchev–Trinajstić information content (AvgIpc) is 3.06. The van der Waals surface area contributed by atoms with Crippen molar-refractivity contribution >= 4 is 17.7 Å². The first-order valence-corrected chi connectivity index (χ1v) is 8.91. The van der Waals surface area contributed by atoms with Gasteiger partial charge in [-0.2, -0.15) is 0 Å². The number of fused-ring (bicyclic) bond motifs is 3. The van der Waals surface area contributed by atoms with Crippen LogP contribution in [0.5, 0.6) is 0 Å². The normalized spacial score (nSPS) is 12.2. The summed E-state index contributed by atoms with van der Waals surface area (Å²) in [6.07, 6.45) is -1.20. The van der Waals surface area contributed by atoms with E-state index in [4.69, 9.17) is 9.84 Å². The Balaban J connectivity index is 1.53. The molecule has 152 valence electrons. The van der Waals surface area contributed by atoms with Gasteiger partial charge in [0.05, 0.1) is 0 Å². The molecule has 30 heavy (non-hydrogen) atoms. The molecule has 5 nitrogen and oxygen atoms in total. The van der Waals surface area contributed by atoms with Crippen LogP contribution in [0, 0.1) is 17.5 Å². The first-order valence-electron chi connectivity index (χ1n) is 8.91. The Bertz CT molecular complexity index is 1130. The first-order chi connectivity index (χ1) is 14.4. The zero-order chi connectivity index (χ0) is 21.4. The monoisotopic (exact) mass is 413 g/mol. The molecule has 0 radical (unpaired) electrons. The molecule has 0 unspecified atom stereocenters. The van der Waals surface area contributed by atoms with E-state index < -0.39 is 40.8 Å². The van der Waals surface area contributed by atoms with E-state index in [0.29, 0.717) is 6.07 Å². The van der Waals surface area contributed by atoms with E-state index in [1.165, 1.54) is 0 Å². The van der Waals surface area contributed by atoms with E-state index in [0.717, 1.165) is 22.3 Å². The number of anilines is 1. The Morgan fingerprint density at radius 2 is 1.50 bits per heavy atom. The van der Waals surface area contributed by atoms with Crippen LogP contribution < -0.4 is 5.32 Å². The summed E-state index contributed by atoms with van der Waals surface area (Å²) in [6.45, 7) is -0.112. The molecule has 2 N–H and O–H groups in total. The third-order valence-corrected chi connectivity index (χ3v) is 4.96. The zero-order valence-electron chi connectivity index (χ0n) is 15.3. The number of rotatable bonds is 4. The van der Waals surface area contributed by atoms with Gasteiger partial charge in [-0.05, 0) is 28.3 Å². The molecule has 0 aromatic heterocycles. The van der Waals surface area contributed by atoms with Crippen LogP contribution in [0.1, 0.15) is 27.4 Å². The second-order valence-corrected chi connectivity index (χ2v) is 6.66. The largest absolute Gasteiger partial charge is 0.478 e. The fourth-order valence-corrected chi connectivity index (χ4v) is 3.60.